The fourth-order valence-electron chi connectivity index (χ4n) is 3.63. The van der Waals surface area contributed by atoms with Gasteiger partial charge in [0.1, 0.15) is 0 Å². The lowest BCUT2D eigenvalue weighted by Gasteiger charge is -2.09. The van der Waals surface area contributed by atoms with Crippen molar-refractivity contribution < 1.29 is 4.74 Å². The molecular formula is C20H22ClN5O3. The summed E-state index contributed by atoms with van der Waals surface area (Å²) >= 11 is 6.24. The number of ether oxygens (including phenoxy) is 1. The third-order valence-electron chi connectivity index (χ3n) is 5.16. The zero-order valence-electron chi connectivity index (χ0n) is 16.6. The zero-order valence-corrected chi connectivity index (χ0v) is 17.3. The molecule has 1 aromatic carbocycles. The molecule has 0 saturated heterocycles. The van der Waals surface area contributed by atoms with Gasteiger partial charge in [-0.25, -0.2) is 4.79 Å². The molecule has 29 heavy (non-hydrogen) atoms. The number of hydrogen-bond acceptors (Lipinski definition) is 4. The van der Waals surface area contributed by atoms with Crippen LogP contribution >= 0.6 is 11.6 Å². The van der Waals surface area contributed by atoms with Crippen molar-refractivity contribution in [3.05, 3.63) is 67.6 Å². The number of aromatic nitrogens is 5. The second-order valence-corrected chi connectivity index (χ2v) is 7.45. The monoisotopic (exact) mass is 415 g/mol. The number of imidazole rings is 2. The van der Waals surface area contributed by atoms with E-state index in [1.807, 2.05) is 29.8 Å². The van der Waals surface area contributed by atoms with E-state index >= 15 is 0 Å². The summed E-state index contributed by atoms with van der Waals surface area (Å²) in [6.45, 7) is 3.41. The van der Waals surface area contributed by atoms with Crippen LogP contribution in [-0.2, 0) is 24.9 Å². The standard InChI is InChI=1S/C20H22ClN5O3/c1-13-11-25-16-17(22-19(25)24(13)9-6-10-29-3)23(2)20(28)26(18(16)27)12-14-7-4-5-8-15(14)21/h4-5,7-8,11H,6,9-10,12H2,1-3H3. The Morgan fingerprint density at radius 3 is 2.66 bits per heavy atom. The Bertz CT molecular complexity index is 1330. The van der Waals surface area contributed by atoms with E-state index in [0.717, 1.165) is 12.1 Å². The fourth-order valence-corrected chi connectivity index (χ4v) is 3.83. The average molecular weight is 416 g/mol. The minimum Gasteiger partial charge on any atom is -0.385 e. The Morgan fingerprint density at radius 2 is 1.93 bits per heavy atom. The molecule has 0 saturated carbocycles. The van der Waals surface area contributed by atoms with Gasteiger partial charge in [0.25, 0.3) is 5.56 Å². The van der Waals surface area contributed by atoms with Gasteiger partial charge in [0.05, 0.1) is 6.54 Å². The molecule has 3 aromatic heterocycles. The number of rotatable bonds is 6. The molecule has 0 N–H and O–H groups in total. The number of benzene rings is 1. The molecule has 0 aliphatic rings. The Balaban J connectivity index is 1.93. The van der Waals surface area contributed by atoms with Crippen LogP contribution in [-0.4, -0.2) is 36.8 Å². The Morgan fingerprint density at radius 1 is 1.17 bits per heavy atom. The molecule has 0 atom stereocenters. The van der Waals surface area contributed by atoms with Gasteiger partial charge in [0, 0.05) is 44.2 Å². The number of methoxy groups -OCH3 is 1. The first-order chi connectivity index (χ1) is 13.9. The minimum absolute atomic E-state index is 0.0991. The lowest BCUT2D eigenvalue weighted by Crippen LogP contribution is -2.39. The number of fused-ring (bicyclic) bond motifs is 3. The second kappa shape index (κ2) is 7.53. The molecule has 8 nitrogen and oxygen atoms in total. The van der Waals surface area contributed by atoms with Crippen molar-refractivity contribution in [3.8, 4) is 0 Å². The Kier molecular flexibility index (Phi) is 5.06. The third kappa shape index (κ3) is 3.18. The molecule has 0 aliphatic heterocycles. The molecule has 0 unspecified atom stereocenters. The fraction of sp³-hybridized carbons (Fsp3) is 0.350. The lowest BCUT2D eigenvalue weighted by atomic mass is 10.2. The summed E-state index contributed by atoms with van der Waals surface area (Å²) in [5, 5.41) is 0.514. The molecule has 9 heteroatoms. The first-order valence-electron chi connectivity index (χ1n) is 9.34. The lowest BCUT2D eigenvalue weighted by molar-refractivity contribution is 0.190. The molecule has 4 aromatic rings. The smallest absolute Gasteiger partial charge is 0.332 e. The second-order valence-electron chi connectivity index (χ2n) is 7.05. The van der Waals surface area contributed by atoms with Crippen molar-refractivity contribution in [2.45, 2.75) is 26.4 Å². The van der Waals surface area contributed by atoms with Crippen LogP contribution in [0.25, 0.3) is 16.9 Å². The van der Waals surface area contributed by atoms with Crippen LogP contribution < -0.4 is 11.2 Å². The topological polar surface area (TPSA) is 75.5 Å². The third-order valence-corrected chi connectivity index (χ3v) is 5.53. The maximum absolute atomic E-state index is 13.3. The molecule has 4 rings (SSSR count). The van der Waals surface area contributed by atoms with Gasteiger partial charge >= 0.3 is 5.69 Å². The van der Waals surface area contributed by atoms with Crippen molar-refractivity contribution >= 4 is 28.5 Å². The summed E-state index contributed by atoms with van der Waals surface area (Å²) < 4.78 is 11.5. The van der Waals surface area contributed by atoms with Gasteiger partial charge in [0.2, 0.25) is 5.78 Å². The Hall–Kier alpha value is -2.84. The highest BCUT2D eigenvalue weighted by Crippen LogP contribution is 2.18. The maximum atomic E-state index is 13.3. The highest BCUT2D eigenvalue weighted by atomic mass is 35.5. The highest BCUT2D eigenvalue weighted by molar-refractivity contribution is 6.31. The van der Waals surface area contributed by atoms with Gasteiger partial charge in [-0.3, -0.25) is 18.3 Å². The van der Waals surface area contributed by atoms with Crippen molar-refractivity contribution in [2.75, 3.05) is 13.7 Å². The van der Waals surface area contributed by atoms with Gasteiger partial charge in [-0.2, -0.15) is 4.98 Å². The molecule has 0 spiro atoms. The van der Waals surface area contributed by atoms with E-state index < -0.39 is 5.69 Å². The summed E-state index contributed by atoms with van der Waals surface area (Å²) in [6.07, 6.45) is 2.70. The molecule has 0 fully saturated rings. The van der Waals surface area contributed by atoms with Gasteiger partial charge in [0.15, 0.2) is 11.2 Å². The molecule has 0 bridgehead atoms. The summed E-state index contributed by atoms with van der Waals surface area (Å²) in [6, 6.07) is 7.19. The predicted octanol–water partition coefficient (Wildman–Crippen LogP) is 2.20. The van der Waals surface area contributed by atoms with Crippen molar-refractivity contribution in [3.63, 3.8) is 0 Å². The van der Waals surface area contributed by atoms with E-state index in [4.69, 9.17) is 16.3 Å². The van der Waals surface area contributed by atoms with Crippen LogP contribution in [0.2, 0.25) is 5.02 Å². The normalized spacial score (nSPS) is 11.7. The van der Waals surface area contributed by atoms with Crippen molar-refractivity contribution in [1.82, 2.24) is 23.1 Å². The van der Waals surface area contributed by atoms with Crippen LogP contribution in [0.3, 0.4) is 0 Å². The van der Waals surface area contributed by atoms with E-state index in [1.165, 1.54) is 9.13 Å². The SMILES string of the molecule is COCCCn1c(C)cn2c3c(=O)n(Cc4ccccc4Cl)c(=O)n(C)c3nc12. The number of aryl methyl sites for hydroxylation is 3. The Labute approximate surface area is 171 Å². The van der Waals surface area contributed by atoms with Crippen LogP contribution in [0.4, 0.5) is 0 Å². The largest absolute Gasteiger partial charge is 0.385 e. The maximum Gasteiger partial charge on any atom is 0.332 e. The summed E-state index contributed by atoms with van der Waals surface area (Å²) in [5.74, 6) is 0.635. The molecule has 152 valence electrons. The quantitative estimate of drug-likeness (QED) is 0.452. The van der Waals surface area contributed by atoms with E-state index in [0.29, 0.717) is 40.7 Å². The predicted molar refractivity (Wildman–Crippen MR) is 112 cm³/mol. The van der Waals surface area contributed by atoms with E-state index in [9.17, 15) is 9.59 Å². The van der Waals surface area contributed by atoms with Crippen LogP contribution in [0.15, 0.2) is 40.1 Å². The van der Waals surface area contributed by atoms with Crippen LogP contribution in [0, 0.1) is 6.92 Å². The van der Waals surface area contributed by atoms with E-state index in [1.54, 1.807) is 30.7 Å². The zero-order chi connectivity index (χ0) is 20.7. The van der Waals surface area contributed by atoms with Crippen LogP contribution in [0.1, 0.15) is 17.7 Å². The molecule has 0 amide bonds. The summed E-state index contributed by atoms with van der Waals surface area (Å²) in [4.78, 5) is 30.8. The average Bonchev–Trinajstić information content (AvgIpc) is 3.21. The van der Waals surface area contributed by atoms with Gasteiger partial charge < -0.3 is 9.30 Å². The molecule has 3 heterocycles. The molecule has 0 radical (unpaired) electrons. The summed E-state index contributed by atoms with van der Waals surface area (Å²) in [5.41, 5.74) is 1.63. The number of halogens is 1. The minimum atomic E-state index is -0.425. The first-order valence-corrected chi connectivity index (χ1v) is 9.72. The van der Waals surface area contributed by atoms with Crippen LogP contribution in [0.5, 0.6) is 0 Å². The van der Waals surface area contributed by atoms with Gasteiger partial charge in [-0.05, 0) is 25.0 Å². The van der Waals surface area contributed by atoms with Crippen molar-refractivity contribution in [2.24, 2.45) is 7.05 Å². The van der Waals surface area contributed by atoms with E-state index in [2.05, 4.69) is 4.98 Å². The van der Waals surface area contributed by atoms with E-state index in [-0.39, 0.29) is 12.1 Å². The van der Waals surface area contributed by atoms with Gasteiger partial charge in [-0.15, -0.1) is 0 Å². The summed E-state index contributed by atoms with van der Waals surface area (Å²) in [7, 11) is 3.29. The number of hydrogen-bond donors (Lipinski definition) is 0. The molecule has 0 aliphatic carbocycles. The number of nitrogens with zero attached hydrogens (tertiary/aromatic N) is 5. The highest BCUT2D eigenvalue weighted by Gasteiger charge is 2.20. The first kappa shape index (κ1) is 19.5. The van der Waals surface area contributed by atoms with Gasteiger partial charge in [-0.1, -0.05) is 29.8 Å². The molecular weight excluding hydrogens is 394 g/mol. The van der Waals surface area contributed by atoms with Crippen molar-refractivity contribution in [1.29, 1.82) is 0 Å².